The summed E-state index contributed by atoms with van der Waals surface area (Å²) in [5.74, 6) is 1.78. The Balaban J connectivity index is 1.39. The lowest BCUT2D eigenvalue weighted by Crippen LogP contribution is -2.35. The lowest BCUT2D eigenvalue weighted by molar-refractivity contribution is 0.177. The molecule has 2 aromatic rings. The van der Waals surface area contributed by atoms with Crippen molar-refractivity contribution in [3.63, 3.8) is 0 Å². The molecule has 0 spiro atoms. The molecule has 136 valence electrons. The Morgan fingerprint density at radius 1 is 1.04 bits per heavy atom. The molecule has 0 aliphatic carbocycles. The second-order valence-corrected chi connectivity index (χ2v) is 7.32. The van der Waals surface area contributed by atoms with Gasteiger partial charge in [0.15, 0.2) is 0 Å². The van der Waals surface area contributed by atoms with Gasteiger partial charge in [0.25, 0.3) is 0 Å². The minimum absolute atomic E-state index is 0.688. The highest BCUT2D eigenvalue weighted by Crippen LogP contribution is 2.23. The van der Waals surface area contributed by atoms with Gasteiger partial charge < -0.3 is 9.64 Å². The Labute approximate surface area is 157 Å². The van der Waals surface area contributed by atoms with Crippen molar-refractivity contribution in [2.75, 3.05) is 26.2 Å². The predicted molar refractivity (Wildman–Crippen MR) is 106 cm³/mol. The predicted octanol–water partition coefficient (Wildman–Crippen LogP) is 5.12. The van der Waals surface area contributed by atoms with Crippen LogP contribution in [0, 0.1) is 17.2 Å². The fraction of sp³-hybridized carbons (Fsp3) is 0.435. The number of unbranched alkanes of at least 4 members (excludes halogenated alkanes) is 1. The monoisotopic (exact) mass is 348 g/mol. The summed E-state index contributed by atoms with van der Waals surface area (Å²) < 4.78 is 5.88. The quantitative estimate of drug-likeness (QED) is 0.652. The van der Waals surface area contributed by atoms with Gasteiger partial charge in [0.05, 0.1) is 18.2 Å². The fourth-order valence-electron chi connectivity index (χ4n) is 3.60. The van der Waals surface area contributed by atoms with E-state index in [0.29, 0.717) is 5.56 Å². The molecule has 1 fully saturated rings. The third-order valence-electron chi connectivity index (χ3n) is 5.08. The molecule has 3 rings (SSSR count). The molecule has 0 N–H and O–H groups in total. The Bertz CT molecular complexity index is 715. The van der Waals surface area contributed by atoms with Crippen LogP contribution < -0.4 is 4.74 Å². The van der Waals surface area contributed by atoms with E-state index >= 15 is 0 Å². The van der Waals surface area contributed by atoms with Crippen LogP contribution in [-0.2, 0) is 0 Å². The highest BCUT2D eigenvalue weighted by atomic mass is 16.5. The Morgan fingerprint density at radius 3 is 2.38 bits per heavy atom. The van der Waals surface area contributed by atoms with Crippen LogP contribution in [0.3, 0.4) is 0 Å². The average Bonchev–Trinajstić information content (AvgIpc) is 2.68. The van der Waals surface area contributed by atoms with E-state index in [2.05, 4.69) is 30.0 Å². The number of hydrogen-bond acceptors (Lipinski definition) is 3. The second-order valence-electron chi connectivity index (χ2n) is 7.32. The lowest BCUT2D eigenvalue weighted by Gasteiger charge is -2.30. The molecule has 1 saturated heterocycles. The topological polar surface area (TPSA) is 36.3 Å². The maximum atomic E-state index is 8.87. The summed E-state index contributed by atoms with van der Waals surface area (Å²) in [6.07, 6.45) is 5.04. The Kier molecular flexibility index (Phi) is 6.68. The number of piperidine rings is 1. The molecule has 26 heavy (non-hydrogen) atoms. The minimum Gasteiger partial charge on any atom is -0.494 e. The molecule has 0 aromatic heterocycles. The van der Waals surface area contributed by atoms with E-state index in [1.165, 1.54) is 38.9 Å². The number of benzene rings is 2. The van der Waals surface area contributed by atoms with Gasteiger partial charge in [0.1, 0.15) is 5.75 Å². The smallest absolute Gasteiger partial charge is 0.119 e. The molecule has 1 heterocycles. The number of nitrogens with zero attached hydrogens (tertiary/aromatic N) is 2. The van der Waals surface area contributed by atoms with Crippen molar-refractivity contribution in [1.29, 1.82) is 5.26 Å². The van der Waals surface area contributed by atoms with Crippen molar-refractivity contribution in [3.8, 4) is 22.9 Å². The van der Waals surface area contributed by atoms with Crippen LogP contribution in [0.5, 0.6) is 5.75 Å². The first kappa shape index (κ1) is 18.5. The number of ether oxygens (including phenoxy) is 1. The Hall–Kier alpha value is -2.31. The summed E-state index contributed by atoms with van der Waals surface area (Å²) in [6.45, 7) is 6.86. The first-order valence-electron chi connectivity index (χ1n) is 9.70. The van der Waals surface area contributed by atoms with Crippen molar-refractivity contribution >= 4 is 0 Å². The third-order valence-corrected chi connectivity index (χ3v) is 5.08. The molecule has 1 aliphatic rings. The van der Waals surface area contributed by atoms with Crippen LogP contribution in [0.1, 0.15) is 38.2 Å². The van der Waals surface area contributed by atoms with Gasteiger partial charge in [-0.15, -0.1) is 0 Å². The van der Waals surface area contributed by atoms with Crippen LogP contribution in [0.25, 0.3) is 11.1 Å². The third kappa shape index (κ3) is 5.34. The molecule has 1 unspecified atom stereocenters. The summed E-state index contributed by atoms with van der Waals surface area (Å²) in [7, 11) is 0. The van der Waals surface area contributed by atoms with Gasteiger partial charge in [-0.25, -0.2) is 0 Å². The van der Waals surface area contributed by atoms with Crippen LogP contribution >= 0.6 is 0 Å². The van der Waals surface area contributed by atoms with Gasteiger partial charge in [-0.3, -0.25) is 0 Å². The Morgan fingerprint density at radius 2 is 1.73 bits per heavy atom. The van der Waals surface area contributed by atoms with Crippen molar-refractivity contribution in [3.05, 3.63) is 54.1 Å². The van der Waals surface area contributed by atoms with Gasteiger partial charge >= 0.3 is 0 Å². The number of likely N-dealkylation sites (tertiary alicyclic amines) is 1. The van der Waals surface area contributed by atoms with Gasteiger partial charge in [0.2, 0.25) is 0 Å². The summed E-state index contributed by atoms with van der Waals surface area (Å²) in [5, 5.41) is 8.87. The zero-order chi connectivity index (χ0) is 18.2. The molecule has 3 heteroatoms. The largest absolute Gasteiger partial charge is 0.494 e. The van der Waals surface area contributed by atoms with Gasteiger partial charge in [0, 0.05) is 6.54 Å². The second kappa shape index (κ2) is 9.40. The van der Waals surface area contributed by atoms with E-state index in [4.69, 9.17) is 10.00 Å². The van der Waals surface area contributed by atoms with Gasteiger partial charge in [-0.1, -0.05) is 31.2 Å². The number of nitriles is 1. The standard InChI is InChI=1S/C23H28N2O/c1-19-5-4-15-25(18-19)14-2-3-16-26-23-12-10-22(11-13-23)21-8-6-20(17-24)7-9-21/h6-13,19H,2-5,14-16,18H2,1H3. The van der Waals surface area contributed by atoms with E-state index in [-0.39, 0.29) is 0 Å². The van der Waals surface area contributed by atoms with Crippen molar-refractivity contribution < 1.29 is 4.74 Å². The molecule has 1 atom stereocenters. The summed E-state index contributed by atoms with van der Waals surface area (Å²) in [5.41, 5.74) is 2.94. The lowest BCUT2D eigenvalue weighted by atomic mass is 10.0. The van der Waals surface area contributed by atoms with Crippen LogP contribution in [0.2, 0.25) is 0 Å². The maximum absolute atomic E-state index is 8.87. The van der Waals surface area contributed by atoms with Crippen molar-refractivity contribution in [1.82, 2.24) is 4.90 Å². The van der Waals surface area contributed by atoms with Crippen LogP contribution in [0.15, 0.2) is 48.5 Å². The molecular formula is C23H28N2O. The minimum atomic E-state index is 0.688. The molecule has 2 aromatic carbocycles. The average molecular weight is 348 g/mol. The van der Waals surface area contributed by atoms with Crippen molar-refractivity contribution in [2.24, 2.45) is 5.92 Å². The highest BCUT2D eigenvalue weighted by Gasteiger charge is 2.15. The van der Waals surface area contributed by atoms with Crippen LogP contribution in [-0.4, -0.2) is 31.1 Å². The summed E-state index contributed by atoms with van der Waals surface area (Å²) in [4.78, 5) is 2.60. The molecule has 1 aliphatic heterocycles. The van der Waals surface area contributed by atoms with E-state index < -0.39 is 0 Å². The van der Waals surface area contributed by atoms with E-state index in [9.17, 15) is 0 Å². The molecule has 3 nitrogen and oxygen atoms in total. The molecule has 0 saturated carbocycles. The molecule has 0 radical (unpaired) electrons. The molecule has 0 bridgehead atoms. The van der Waals surface area contributed by atoms with E-state index in [1.54, 1.807) is 0 Å². The number of rotatable bonds is 7. The summed E-state index contributed by atoms with van der Waals surface area (Å²) in [6, 6.07) is 18.0. The van der Waals surface area contributed by atoms with Gasteiger partial charge in [-0.2, -0.15) is 5.26 Å². The van der Waals surface area contributed by atoms with E-state index in [0.717, 1.165) is 35.8 Å². The highest BCUT2D eigenvalue weighted by molar-refractivity contribution is 5.64. The first-order chi connectivity index (χ1) is 12.7. The molecular weight excluding hydrogens is 320 g/mol. The van der Waals surface area contributed by atoms with Crippen LogP contribution in [0.4, 0.5) is 0 Å². The summed E-state index contributed by atoms with van der Waals surface area (Å²) >= 11 is 0. The van der Waals surface area contributed by atoms with E-state index in [1.807, 2.05) is 36.4 Å². The number of hydrogen-bond donors (Lipinski definition) is 0. The van der Waals surface area contributed by atoms with Gasteiger partial charge in [-0.05, 0) is 80.1 Å². The SMILES string of the molecule is CC1CCCN(CCCCOc2ccc(-c3ccc(C#N)cc3)cc2)C1. The van der Waals surface area contributed by atoms with Crippen molar-refractivity contribution in [2.45, 2.75) is 32.6 Å². The fourth-order valence-corrected chi connectivity index (χ4v) is 3.60. The zero-order valence-corrected chi connectivity index (χ0v) is 15.7. The maximum Gasteiger partial charge on any atom is 0.119 e. The molecule has 0 amide bonds. The zero-order valence-electron chi connectivity index (χ0n) is 15.7. The normalized spacial score (nSPS) is 17.6. The first-order valence-corrected chi connectivity index (χ1v) is 9.70.